The molecule has 1 heterocycles. The van der Waals surface area contributed by atoms with Crippen LogP contribution in [0.25, 0.3) is 17.3 Å². The molecule has 0 radical (unpaired) electrons. The van der Waals surface area contributed by atoms with Gasteiger partial charge in [-0.2, -0.15) is 10.2 Å². The molecule has 6 heteroatoms. The summed E-state index contributed by atoms with van der Waals surface area (Å²) in [7, 11) is 0. The van der Waals surface area contributed by atoms with E-state index in [9.17, 15) is 9.90 Å². The number of benzene rings is 3. The summed E-state index contributed by atoms with van der Waals surface area (Å²) in [5, 5.41) is 18.1. The first-order valence-corrected chi connectivity index (χ1v) is 9.69. The van der Waals surface area contributed by atoms with Gasteiger partial charge in [-0.1, -0.05) is 60.7 Å². The molecule has 6 nitrogen and oxygen atoms in total. The number of para-hydroxylation sites is 1. The van der Waals surface area contributed by atoms with E-state index in [4.69, 9.17) is 0 Å². The summed E-state index contributed by atoms with van der Waals surface area (Å²) in [6, 6.07) is 25.7. The van der Waals surface area contributed by atoms with Crippen molar-refractivity contribution in [1.82, 2.24) is 15.2 Å². The zero-order valence-electron chi connectivity index (χ0n) is 16.6. The smallest absolute Gasteiger partial charge is 0.271 e. The Morgan fingerprint density at radius 3 is 2.29 bits per heavy atom. The van der Waals surface area contributed by atoms with E-state index in [-0.39, 0.29) is 11.7 Å². The van der Waals surface area contributed by atoms with Crippen molar-refractivity contribution in [1.29, 1.82) is 0 Å². The Kier molecular flexibility index (Phi) is 6.00. The first-order valence-electron chi connectivity index (χ1n) is 9.69. The minimum atomic E-state index is -0.370. The summed E-state index contributed by atoms with van der Waals surface area (Å²) in [6.45, 7) is 0. The molecule has 0 aliphatic heterocycles. The molecule has 0 saturated heterocycles. The van der Waals surface area contributed by atoms with E-state index in [2.05, 4.69) is 15.6 Å². The highest BCUT2D eigenvalue weighted by Gasteiger charge is 2.13. The number of carbonyl (C=O) groups is 1. The lowest BCUT2D eigenvalue weighted by Crippen LogP contribution is -2.19. The number of rotatable bonds is 6. The fourth-order valence-corrected chi connectivity index (χ4v) is 2.99. The summed E-state index contributed by atoms with van der Waals surface area (Å²) in [6.07, 6.45) is 6.86. The maximum Gasteiger partial charge on any atom is 0.271 e. The number of hydrazone groups is 1. The van der Waals surface area contributed by atoms with Gasteiger partial charge in [-0.25, -0.2) is 10.1 Å². The molecule has 4 aromatic rings. The van der Waals surface area contributed by atoms with Crippen molar-refractivity contribution < 1.29 is 9.90 Å². The van der Waals surface area contributed by atoms with Crippen LogP contribution in [0, 0.1) is 0 Å². The van der Waals surface area contributed by atoms with Crippen LogP contribution in [0.15, 0.2) is 102 Å². The van der Waals surface area contributed by atoms with Gasteiger partial charge in [0.1, 0.15) is 5.75 Å². The molecule has 0 fully saturated rings. The van der Waals surface area contributed by atoms with E-state index in [0.717, 1.165) is 16.8 Å². The van der Waals surface area contributed by atoms with Gasteiger partial charge in [0.05, 0.1) is 18.1 Å². The van der Waals surface area contributed by atoms with Crippen molar-refractivity contribution in [2.24, 2.45) is 5.10 Å². The van der Waals surface area contributed by atoms with Crippen LogP contribution in [0.2, 0.25) is 0 Å². The van der Waals surface area contributed by atoms with E-state index in [1.54, 1.807) is 35.3 Å². The molecule has 3 aromatic carbocycles. The molecule has 0 aliphatic rings. The van der Waals surface area contributed by atoms with Gasteiger partial charge in [-0.05, 0) is 41.5 Å². The standard InChI is InChI=1S/C25H20N4O2/c30-23-13-11-21(12-14-23)24(25(31)28-26-16-19-7-3-1-4-8-19)15-20-17-27-29(18-20)22-9-5-2-6-10-22/h1-18,30H,(H,28,31)/b24-15+,26-16+. The number of phenolic OH excluding ortho intramolecular Hbond substituents is 1. The number of phenols is 1. The van der Waals surface area contributed by atoms with E-state index in [0.29, 0.717) is 11.1 Å². The Labute approximate surface area is 179 Å². The SMILES string of the molecule is O=C(N/N=C/c1ccccc1)/C(=C/c1cnn(-c2ccccc2)c1)c1ccc(O)cc1. The Morgan fingerprint density at radius 1 is 0.903 bits per heavy atom. The number of amides is 1. The second-order valence-corrected chi connectivity index (χ2v) is 6.77. The molecular weight excluding hydrogens is 388 g/mol. The van der Waals surface area contributed by atoms with Crippen molar-refractivity contribution in [3.8, 4) is 11.4 Å². The summed E-state index contributed by atoms with van der Waals surface area (Å²) >= 11 is 0. The average molecular weight is 408 g/mol. The lowest BCUT2D eigenvalue weighted by Gasteiger charge is -2.07. The van der Waals surface area contributed by atoms with Gasteiger partial charge in [-0.3, -0.25) is 4.79 Å². The third-order valence-corrected chi connectivity index (χ3v) is 4.54. The fourth-order valence-electron chi connectivity index (χ4n) is 2.99. The molecule has 2 N–H and O–H groups in total. The molecule has 0 aliphatic carbocycles. The summed E-state index contributed by atoms with van der Waals surface area (Å²) < 4.78 is 1.74. The highest BCUT2D eigenvalue weighted by Crippen LogP contribution is 2.21. The highest BCUT2D eigenvalue weighted by molar-refractivity contribution is 6.24. The molecule has 0 saturated carbocycles. The first-order chi connectivity index (χ1) is 15.2. The van der Waals surface area contributed by atoms with Gasteiger partial charge in [-0.15, -0.1) is 0 Å². The summed E-state index contributed by atoms with van der Waals surface area (Å²) in [5.74, 6) is -0.243. The van der Waals surface area contributed by atoms with Crippen LogP contribution in [-0.4, -0.2) is 27.0 Å². The monoisotopic (exact) mass is 408 g/mol. The van der Waals surface area contributed by atoms with E-state index in [1.165, 1.54) is 12.1 Å². The van der Waals surface area contributed by atoms with Crippen molar-refractivity contribution >= 4 is 23.8 Å². The Balaban J connectivity index is 1.61. The molecular formula is C25H20N4O2. The number of carbonyl (C=O) groups excluding carboxylic acids is 1. The molecule has 152 valence electrons. The Morgan fingerprint density at radius 2 is 1.58 bits per heavy atom. The Hall–Kier alpha value is -4.45. The summed E-state index contributed by atoms with van der Waals surface area (Å²) in [5.41, 5.74) is 6.18. The predicted octanol–water partition coefficient (Wildman–Crippen LogP) is 4.27. The maximum atomic E-state index is 12.9. The number of nitrogens with one attached hydrogen (secondary N) is 1. The lowest BCUT2D eigenvalue weighted by molar-refractivity contribution is -0.115. The molecule has 0 spiro atoms. The van der Waals surface area contributed by atoms with E-state index < -0.39 is 0 Å². The highest BCUT2D eigenvalue weighted by atomic mass is 16.3. The van der Waals surface area contributed by atoms with Gasteiger partial charge in [0.2, 0.25) is 0 Å². The van der Waals surface area contributed by atoms with Gasteiger partial charge >= 0.3 is 0 Å². The molecule has 4 rings (SSSR count). The zero-order valence-corrected chi connectivity index (χ0v) is 16.6. The lowest BCUT2D eigenvalue weighted by atomic mass is 10.0. The fraction of sp³-hybridized carbons (Fsp3) is 0. The molecule has 0 atom stereocenters. The van der Waals surface area contributed by atoms with Gasteiger partial charge in [0.25, 0.3) is 5.91 Å². The molecule has 31 heavy (non-hydrogen) atoms. The molecule has 1 amide bonds. The zero-order chi connectivity index (χ0) is 21.5. The average Bonchev–Trinajstić information content (AvgIpc) is 3.28. The maximum absolute atomic E-state index is 12.9. The minimum absolute atomic E-state index is 0.127. The first kappa shape index (κ1) is 19.8. The van der Waals surface area contributed by atoms with Crippen molar-refractivity contribution in [3.05, 3.63) is 114 Å². The van der Waals surface area contributed by atoms with Crippen LogP contribution in [0.3, 0.4) is 0 Å². The van der Waals surface area contributed by atoms with Crippen LogP contribution < -0.4 is 5.43 Å². The number of hydrogen-bond acceptors (Lipinski definition) is 4. The van der Waals surface area contributed by atoms with Gasteiger partial charge in [0.15, 0.2) is 0 Å². The normalized spacial score (nSPS) is 11.5. The Bertz CT molecular complexity index is 1210. The van der Waals surface area contributed by atoms with Crippen molar-refractivity contribution in [2.45, 2.75) is 0 Å². The van der Waals surface area contributed by atoms with Crippen LogP contribution in [0.1, 0.15) is 16.7 Å². The van der Waals surface area contributed by atoms with Gasteiger partial charge < -0.3 is 5.11 Å². The van der Waals surface area contributed by atoms with Crippen LogP contribution in [0.4, 0.5) is 0 Å². The number of hydrogen-bond donors (Lipinski definition) is 2. The molecule has 0 unspecified atom stereocenters. The number of aromatic hydroxyl groups is 1. The van der Waals surface area contributed by atoms with E-state index >= 15 is 0 Å². The van der Waals surface area contributed by atoms with Crippen molar-refractivity contribution in [3.63, 3.8) is 0 Å². The number of nitrogens with zero attached hydrogens (tertiary/aromatic N) is 3. The summed E-state index contributed by atoms with van der Waals surface area (Å²) in [4.78, 5) is 12.9. The van der Waals surface area contributed by atoms with Crippen LogP contribution in [0.5, 0.6) is 5.75 Å². The van der Waals surface area contributed by atoms with E-state index in [1.807, 2.05) is 66.9 Å². The second-order valence-electron chi connectivity index (χ2n) is 6.77. The van der Waals surface area contributed by atoms with Crippen molar-refractivity contribution in [2.75, 3.05) is 0 Å². The minimum Gasteiger partial charge on any atom is -0.508 e. The molecule has 0 bridgehead atoms. The van der Waals surface area contributed by atoms with Crippen LogP contribution >= 0.6 is 0 Å². The molecule has 1 aromatic heterocycles. The van der Waals surface area contributed by atoms with Crippen LogP contribution in [-0.2, 0) is 4.79 Å². The second kappa shape index (κ2) is 9.37. The topological polar surface area (TPSA) is 79.5 Å². The largest absolute Gasteiger partial charge is 0.508 e. The third-order valence-electron chi connectivity index (χ3n) is 4.54. The number of aromatic nitrogens is 2. The third kappa shape index (κ3) is 5.13. The van der Waals surface area contributed by atoms with Gasteiger partial charge in [0, 0.05) is 17.3 Å². The predicted molar refractivity (Wildman–Crippen MR) is 122 cm³/mol. The quantitative estimate of drug-likeness (QED) is 0.284.